The Labute approximate surface area is 69.7 Å². The Morgan fingerprint density at radius 2 is 2.58 bits per heavy atom. The standard InChI is InChI=1S/C7H10N2O3/c1-5-3-8-6(12-5)4-9-7(10)11-2/h3H,4H2,1-2H3,(H,9,10). The molecule has 0 radical (unpaired) electrons. The highest BCUT2D eigenvalue weighted by molar-refractivity contribution is 5.66. The highest BCUT2D eigenvalue weighted by atomic mass is 16.5. The summed E-state index contributed by atoms with van der Waals surface area (Å²) in [6.07, 6.45) is 1.10. The number of carbonyl (C=O) groups is 1. The molecule has 1 aromatic rings. The minimum atomic E-state index is -0.495. The quantitative estimate of drug-likeness (QED) is 0.714. The molecule has 0 atom stereocenters. The van der Waals surface area contributed by atoms with Crippen molar-refractivity contribution in [1.82, 2.24) is 10.3 Å². The average Bonchev–Trinajstić information content (AvgIpc) is 2.47. The number of alkyl carbamates (subject to hydrolysis) is 1. The molecular weight excluding hydrogens is 160 g/mol. The fourth-order valence-electron chi connectivity index (χ4n) is 0.703. The van der Waals surface area contributed by atoms with E-state index in [0.717, 1.165) is 5.76 Å². The third-order valence-corrected chi connectivity index (χ3v) is 1.24. The van der Waals surface area contributed by atoms with Crippen LogP contribution in [0.2, 0.25) is 0 Å². The van der Waals surface area contributed by atoms with E-state index in [2.05, 4.69) is 15.0 Å². The van der Waals surface area contributed by atoms with E-state index in [1.165, 1.54) is 7.11 Å². The molecule has 1 aromatic heterocycles. The third-order valence-electron chi connectivity index (χ3n) is 1.24. The van der Waals surface area contributed by atoms with Gasteiger partial charge in [-0.2, -0.15) is 0 Å². The van der Waals surface area contributed by atoms with E-state index in [4.69, 9.17) is 4.42 Å². The first-order chi connectivity index (χ1) is 5.72. The number of nitrogens with zero attached hydrogens (tertiary/aromatic N) is 1. The van der Waals surface area contributed by atoms with Crippen LogP contribution in [-0.2, 0) is 11.3 Å². The fourth-order valence-corrected chi connectivity index (χ4v) is 0.703. The maximum atomic E-state index is 10.6. The molecule has 0 unspecified atom stereocenters. The first-order valence-corrected chi connectivity index (χ1v) is 3.45. The summed E-state index contributed by atoms with van der Waals surface area (Å²) >= 11 is 0. The Morgan fingerprint density at radius 3 is 3.08 bits per heavy atom. The van der Waals surface area contributed by atoms with E-state index in [-0.39, 0.29) is 6.54 Å². The Morgan fingerprint density at radius 1 is 1.83 bits per heavy atom. The third kappa shape index (κ3) is 2.26. The van der Waals surface area contributed by atoms with E-state index in [1.807, 2.05) is 0 Å². The molecule has 0 spiro atoms. The Hall–Kier alpha value is -1.52. The van der Waals surface area contributed by atoms with Crippen molar-refractivity contribution < 1.29 is 13.9 Å². The highest BCUT2D eigenvalue weighted by Gasteiger charge is 2.02. The van der Waals surface area contributed by atoms with E-state index in [0.29, 0.717) is 5.89 Å². The van der Waals surface area contributed by atoms with Crippen LogP contribution in [0.3, 0.4) is 0 Å². The smallest absolute Gasteiger partial charge is 0.407 e. The Kier molecular flexibility index (Phi) is 2.68. The maximum Gasteiger partial charge on any atom is 0.407 e. The summed E-state index contributed by atoms with van der Waals surface area (Å²) in [6, 6.07) is 0. The van der Waals surface area contributed by atoms with Crippen molar-refractivity contribution in [3.05, 3.63) is 17.8 Å². The number of carbonyl (C=O) groups excluding carboxylic acids is 1. The summed E-state index contributed by atoms with van der Waals surface area (Å²) in [6.45, 7) is 2.04. The number of aryl methyl sites for hydroxylation is 1. The van der Waals surface area contributed by atoms with Crippen molar-refractivity contribution in [2.24, 2.45) is 0 Å². The summed E-state index contributed by atoms with van der Waals surface area (Å²) in [7, 11) is 1.30. The monoisotopic (exact) mass is 170 g/mol. The first kappa shape index (κ1) is 8.58. The van der Waals surface area contributed by atoms with E-state index < -0.39 is 6.09 Å². The maximum absolute atomic E-state index is 10.6. The van der Waals surface area contributed by atoms with Crippen LogP contribution >= 0.6 is 0 Å². The van der Waals surface area contributed by atoms with Gasteiger partial charge >= 0.3 is 6.09 Å². The molecule has 5 nitrogen and oxygen atoms in total. The van der Waals surface area contributed by atoms with E-state index >= 15 is 0 Å². The molecule has 5 heteroatoms. The van der Waals surface area contributed by atoms with E-state index in [9.17, 15) is 4.79 Å². The molecule has 0 fully saturated rings. The number of ether oxygens (including phenoxy) is 1. The second-order valence-corrected chi connectivity index (χ2v) is 2.21. The largest absolute Gasteiger partial charge is 0.453 e. The molecule has 0 aliphatic carbocycles. The van der Waals surface area contributed by atoms with Gasteiger partial charge in [-0.3, -0.25) is 0 Å². The molecule has 66 valence electrons. The second kappa shape index (κ2) is 3.75. The highest BCUT2D eigenvalue weighted by Crippen LogP contribution is 2.00. The van der Waals surface area contributed by atoms with Gasteiger partial charge in [-0.15, -0.1) is 0 Å². The van der Waals surface area contributed by atoms with Gasteiger partial charge in [0.15, 0.2) is 0 Å². The van der Waals surface area contributed by atoms with Gasteiger partial charge in [0.2, 0.25) is 5.89 Å². The number of methoxy groups -OCH3 is 1. The number of hydrogen-bond acceptors (Lipinski definition) is 4. The van der Waals surface area contributed by atoms with Crippen LogP contribution in [0, 0.1) is 6.92 Å². The lowest BCUT2D eigenvalue weighted by atomic mass is 10.6. The lowest BCUT2D eigenvalue weighted by molar-refractivity contribution is 0.169. The topological polar surface area (TPSA) is 64.4 Å². The van der Waals surface area contributed by atoms with Crippen molar-refractivity contribution >= 4 is 6.09 Å². The minimum absolute atomic E-state index is 0.251. The zero-order valence-corrected chi connectivity index (χ0v) is 6.96. The lowest BCUT2D eigenvalue weighted by Gasteiger charge is -1.98. The van der Waals surface area contributed by atoms with Crippen LogP contribution in [-0.4, -0.2) is 18.2 Å². The zero-order valence-electron chi connectivity index (χ0n) is 6.96. The summed E-state index contributed by atoms with van der Waals surface area (Å²) < 4.78 is 9.46. The van der Waals surface area contributed by atoms with Gasteiger partial charge in [0.05, 0.1) is 19.9 Å². The number of amides is 1. The van der Waals surface area contributed by atoms with Crippen molar-refractivity contribution in [2.45, 2.75) is 13.5 Å². The average molecular weight is 170 g/mol. The summed E-state index contributed by atoms with van der Waals surface area (Å²) in [4.78, 5) is 14.5. The van der Waals surface area contributed by atoms with Crippen LogP contribution in [0.4, 0.5) is 4.79 Å². The molecule has 1 N–H and O–H groups in total. The molecule has 1 heterocycles. The van der Waals surface area contributed by atoms with E-state index in [1.54, 1.807) is 13.1 Å². The number of aromatic nitrogens is 1. The molecule has 0 aromatic carbocycles. The number of rotatable bonds is 2. The molecule has 0 aliphatic rings. The molecule has 0 bridgehead atoms. The number of oxazole rings is 1. The second-order valence-electron chi connectivity index (χ2n) is 2.21. The summed E-state index contributed by atoms with van der Waals surface area (Å²) in [5.41, 5.74) is 0. The summed E-state index contributed by atoms with van der Waals surface area (Å²) in [5.74, 6) is 1.19. The SMILES string of the molecule is COC(=O)NCc1ncc(C)o1. The van der Waals surface area contributed by atoms with Crippen LogP contribution in [0.5, 0.6) is 0 Å². The van der Waals surface area contributed by atoms with Gasteiger partial charge in [0.25, 0.3) is 0 Å². The first-order valence-electron chi connectivity index (χ1n) is 3.45. The fraction of sp³-hybridized carbons (Fsp3) is 0.429. The Bertz CT molecular complexity index is 269. The van der Waals surface area contributed by atoms with Crippen molar-refractivity contribution in [3.8, 4) is 0 Å². The number of hydrogen-bond donors (Lipinski definition) is 1. The van der Waals surface area contributed by atoms with Crippen molar-refractivity contribution in [1.29, 1.82) is 0 Å². The van der Waals surface area contributed by atoms with Crippen LogP contribution in [0.1, 0.15) is 11.7 Å². The normalized spacial score (nSPS) is 9.50. The van der Waals surface area contributed by atoms with Crippen LogP contribution in [0.25, 0.3) is 0 Å². The predicted octanol–water partition coefficient (Wildman–Crippen LogP) is 0.839. The lowest BCUT2D eigenvalue weighted by Crippen LogP contribution is -2.22. The number of nitrogens with one attached hydrogen (secondary N) is 1. The van der Waals surface area contributed by atoms with Gasteiger partial charge in [-0.25, -0.2) is 9.78 Å². The molecule has 1 amide bonds. The molecule has 1 rings (SSSR count). The van der Waals surface area contributed by atoms with Crippen LogP contribution < -0.4 is 5.32 Å². The van der Waals surface area contributed by atoms with Gasteiger partial charge in [0.1, 0.15) is 5.76 Å². The van der Waals surface area contributed by atoms with Gasteiger partial charge in [0, 0.05) is 0 Å². The zero-order chi connectivity index (χ0) is 8.97. The Balaban J connectivity index is 2.38. The molecule has 0 saturated carbocycles. The van der Waals surface area contributed by atoms with Crippen LogP contribution in [0.15, 0.2) is 10.6 Å². The molecule has 0 aliphatic heterocycles. The van der Waals surface area contributed by atoms with Gasteiger partial charge in [-0.1, -0.05) is 0 Å². The molecule has 0 saturated heterocycles. The molecular formula is C7H10N2O3. The van der Waals surface area contributed by atoms with Crippen molar-refractivity contribution in [2.75, 3.05) is 7.11 Å². The summed E-state index contributed by atoms with van der Waals surface area (Å²) in [5, 5.41) is 2.44. The van der Waals surface area contributed by atoms with Crippen molar-refractivity contribution in [3.63, 3.8) is 0 Å². The van der Waals surface area contributed by atoms with Gasteiger partial charge < -0.3 is 14.5 Å². The molecule has 12 heavy (non-hydrogen) atoms. The minimum Gasteiger partial charge on any atom is -0.453 e. The predicted molar refractivity (Wildman–Crippen MR) is 40.5 cm³/mol. The van der Waals surface area contributed by atoms with Gasteiger partial charge in [-0.05, 0) is 6.92 Å².